The highest BCUT2D eigenvalue weighted by Crippen LogP contribution is 2.65. The van der Waals surface area contributed by atoms with Crippen LogP contribution in [0.5, 0.6) is 0 Å². The van der Waals surface area contributed by atoms with E-state index in [1.165, 1.54) is 4.90 Å². The highest BCUT2D eigenvalue weighted by atomic mass is 16.4. The van der Waals surface area contributed by atoms with E-state index in [1.807, 2.05) is 13.8 Å². The second-order valence-corrected chi connectivity index (χ2v) is 6.79. The van der Waals surface area contributed by atoms with E-state index >= 15 is 0 Å². The number of fused-ring (bicyclic) bond motifs is 1. The summed E-state index contributed by atoms with van der Waals surface area (Å²) in [4.78, 5) is 37.3. The molecule has 2 unspecified atom stereocenters. The summed E-state index contributed by atoms with van der Waals surface area (Å²) in [6, 6.07) is 0. The zero-order valence-corrected chi connectivity index (χ0v) is 11.3. The summed E-state index contributed by atoms with van der Waals surface area (Å²) >= 11 is 0. The lowest BCUT2D eigenvalue weighted by Gasteiger charge is -2.38. The van der Waals surface area contributed by atoms with Crippen LogP contribution in [0.2, 0.25) is 0 Å². The number of hydrogen-bond donors (Lipinski definition) is 1. The van der Waals surface area contributed by atoms with E-state index in [0.29, 0.717) is 12.8 Å². The van der Waals surface area contributed by atoms with Crippen LogP contribution in [0.3, 0.4) is 0 Å². The number of carboxylic acids is 1. The summed E-state index contributed by atoms with van der Waals surface area (Å²) in [7, 11) is 0. The van der Waals surface area contributed by atoms with Crippen LogP contribution >= 0.6 is 0 Å². The normalized spacial score (nSPS) is 34.5. The Morgan fingerprint density at radius 1 is 1.21 bits per heavy atom. The Balaban J connectivity index is 1.92. The second-order valence-electron chi connectivity index (χ2n) is 6.79. The third kappa shape index (κ3) is 1.50. The first-order chi connectivity index (χ1) is 8.81. The number of aliphatic carboxylic acids is 1. The van der Waals surface area contributed by atoms with Crippen molar-refractivity contribution in [3.8, 4) is 0 Å². The molecule has 104 valence electrons. The average Bonchev–Trinajstić information content (AvgIpc) is 2.61. The quantitative estimate of drug-likeness (QED) is 0.783. The molecule has 1 saturated heterocycles. The Labute approximate surface area is 112 Å². The van der Waals surface area contributed by atoms with E-state index in [-0.39, 0.29) is 35.5 Å². The molecule has 1 aliphatic heterocycles. The number of nitrogens with zero attached hydrogens (tertiary/aromatic N) is 1. The third-order valence-electron chi connectivity index (χ3n) is 5.29. The molecular weight excluding hydrogens is 246 g/mol. The van der Waals surface area contributed by atoms with Gasteiger partial charge in [-0.3, -0.25) is 19.3 Å². The van der Waals surface area contributed by atoms with E-state index in [1.54, 1.807) is 0 Å². The molecule has 3 aliphatic rings. The number of rotatable bonds is 3. The number of carboxylic acid groups (broad SMARTS) is 1. The van der Waals surface area contributed by atoms with Crippen molar-refractivity contribution >= 4 is 17.8 Å². The summed E-state index contributed by atoms with van der Waals surface area (Å²) in [6.07, 6.45) is 2.95. The Bertz CT molecular complexity index is 452. The van der Waals surface area contributed by atoms with Crippen molar-refractivity contribution < 1.29 is 19.5 Å². The number of amides is 2. The van der Waals surface area contributed by atoms with Gasteiger partial charge in [0.2, 0.25) is 11.8 Å². The first-order valence-electron chi connectivity index (χ1n) is 6.91. The standard InChI is InChI=1S/C14H19NO4/c1-13(2)9-10(13)12(19)15(11(9)18)14(7-8(16)17)5-3-4-6-14/h9-10H,3-7H2,1-2H3,(H,16,17). The van der Waals surface area contributed by atoms with Gasteiger partial charge in [0.1, 0.15) is 0 Å². The third-order valence-corrected chi connectivity index (χ3v) is 5.29. The van der Waals surface area contributed by atoms with E-state index in [2.05, 4.69) is 0 Å². The van der Waals surface area contributed by atoms with Crippen molar-refractivity contribution in [1.82, 2.24) is 4.90 Å². The molecule has 0 aromatic heterocycles. The van der Waals surface area contributed by atoms with Crippen LogP contribution in [0.25, 0.3) is 0 Å². The van der Waals surface area contributed by atoms with Crippen LogP contribution in [-0.2, 0) is 14.4 Å². The maximum Gasteiger partial charge on any atom is 0.305 e. The molecule has 2 saturated carbocycles. The summed E-state index contributed by atoms with van der Waals surface area (Å²) in [5.41, 5.74) is -0.975. The lowest BCUT2D eigenvalue weighted by atomic mass is 9.89. The van der Waals surface area contributed by atoms with Gasteiger partial charge in [-0.2, -0.15) is 0 Å². The van der Waals surface area contributed by atoms with Crippen molar-refractivity contribution in [3.05, 3.63) is 0 Å². The van der Waals surface area contributed by atoms with E-state index in [4.69, 9.17) is 5.11 Å². The maximum atomic E-state index is 12.5. The molecule has 5 heteroatoms. The van der Waals surface area contributed by atoms with Gasteiger partial charge in [-0.1, -0.05) is 26.7 Å². The lowest BCUT2D eigenvalue weighted by molar-refractivity contribution is -0.153. The van der Waals surface area contributed by atoms with Crippen molar-refractivity contribution in [2.75, 3.05) is 0 Å². The van der Waals surface area contributed by atoms with Crippen LogP contribution in [0.1, 0.15) is 46.0 Å². The minimum atomic E-state index is -0.928. The summed E-state index contributed by atoms with van der Waals surface area (Å²) in [5, 5.41) is 9.10. The van der Waals surface area contributed by atoms with Crippen LogP contribution in [0, 0.1) is 17.3 Å². The molecule has 2 aliphatic carbocycles. The lowest BCUT2D eigenvalue weighted by Crippen LogP contribution is -2.53. The fraction of sp³-hybridized carbons (Fsp3) is 0.786. The second kappa shape index (κ2) is 3.58. The van der Waals surface area contributed by atoms with Crippen LogP contribution in [-0.4, -0.2) is 33.3 Å². The predicted molar refractivity (Wildman–Crippen MR) is 66.1 cm³/mol. The fourth-order valence-electron chi connectivity index (χ4n) is 4.21. The minimum Gasteiger partial charge on any atom is -0.481 e. The fourth-order valence-corrected chi connectivity index (χ4v) is 4.21. The molecule has 2 atom stereocenters. The van der Waals surface area contributed by atoms with Gasteiger partial charge < -0.3 is 5.11 Å². The highest BCUT2D eigenvalue weighted by molar-refractivity contribution is 6.11. The molecule has 1 heterocycles. The number of hydrogen-bond acceptors (Lipinski definition) is 3. The van der Waals surface area contributed by atoms with Crippen LogP contribution < -0.4 is 0 Å². The van der Waals surface area contributed by atoms with E-state index in [0.717, 1.165) is 12.8 Å². The Morgan fingerprint density at radius 3 is 2.11 bits per heavy atom. The van der Waals surface area contributed by atoms with Crippen molar-refractivity contribution in [2.24, 2.45) is 17.3 Å². The molecule has 19 heavy (non-hydrogen) atoms. The molecule has 3 rings (SSSR count). The summed E-state index contributed by atoms with van der Waals surface area (Å²) < 4.78 is 0. The Kier molecular flexibility index (Phi) is 2.38. The van der Waals surface area contributed by atoms with Gasteiger partial charge in [-0.15, -0.1) is 0 Å². The number of carbonyl (C=O) groups is 3. The monoisotopic (exact) mass is 265 g/mol. The highest BCUT2D eigenvalue weighted by Gasteiger charge is 2.74. The Morgan fingerprint density at radius 2 is 1.68 bits per heavy atom. The van der Waals surface area contributed by atoms with Crippen molar-refractivity contribution in [1.29, 1.82) is 0 Å². The smallest absolute Gasteiger partial charge is 0.305 e. The van der Waals surface area contributed by atoms with Gasteiger partial charge in [0.15, 0.2) is 0 Å². The Hall–Kier alpha value is -1.39. The zero-order valence-electron chi connectivity index (χ0n) is 11.3. The molecule has 1 N–H and O–H groups in total. The first kappa shape index (κ1) is 12.6. The van der Waals surface area contributed by atoms with E-state index < -0.39 is 11.5 Å². The van der Waals surface area contributed by atoms with Crippen molar-refractivity contribution in [3.63, 3.8) is 0 Å². The molecular formula is C14H19NO4. The summed E-state index contributed by atoms with van der Waals surface area (Å²) in [5.74, 6) is -1.63. The van der Waals surface area contributed by atoms with Gasteiger partial charge >= 0.3 is 5.97 Å². The molecule has 5 nitrogen and oxygen atoms in total. The molecule has 3 fully saturated rings. The van der Waals surface area contributed by atoms with Gasteiger partial charge in [-0.05, 0) is 18.3 Å². The average molecular weight is 265 g/mol. The SMILES string of the molecule is CC1(C)C2C(=O)N(C3(CC(=O)O)CCCC3)C(=O)C21. The molecule has 0 aromatic rings. The largest absolute Gasteiger partial charge is 0.481 e. The molecule has 0 bridgehead atoms. The van der Waals surface area contributed by atoms with Gasteiger partial charge in [0.05, 0.1) is 23.8 Å². The topological polar surface area (TPSA) is 74.7 Å². The van der Waals surface area contributed by atoms with E-state index in [9.17, 15) is 14.4 Å². The van der Waals surface area contributed by atoms with Gasteiger partial charge in [0.25, 0.3) is 0 Å². The van der Waals surface area contributed by atoms with Gasteiger partial charge in [-0.25, -0.2) is 0 Å². The molecule has 0 radical (unpaired) electrons. The van der Waals surface area contributed by atoms with Crippen molar-refractivity contribution in [2.45, 2.75) is 51.5 Å². The molecule has 0 spiro atoms. The van der Waals surface area contributed by atoms with Crippen LogP contribution in [0.15, 0.2) is 0 Å². The van der Waals surface area contributed by atoms with Gasteiger partial charge in [0, 0.05) is 0 Å². The summed E-state index contributed by atoms with van der Waals surface area (Å²) in [6.45, 7) is 3.88. The molecule has 0 aromatic carbocycles. The number of imide groups is 1. The zero-order chi connectivity index (χ0) is 14.0. The predicted octanol–water partition coefficient (Wildman–Crippen LogP) is 1.41. The number of piperidine rings is 1. The number of likely N-dealkylation sites (tertiary alicyclic amines) is 1. The van der Waals surface area contributed by atoms with Crippen LogP contribution in [0.4, 0.5) is 0 Å². The number of carbonyl (C=O) groups excluding carboxylic acids is 2. The minimum absolute atomic E-state index is 0.107. The maximum absolute atomic E-state index is 12.5. The molecule has 2 amide bonds. The first-order valence-corrected chi connectivity index (χ1v) is 6.91.